The van der Waals surface area contributed by atoms with Gasteiger partial charge in [-0.15, -0.1) is 0 Å². The SMILES string of the molecule is CNS(=O)(=O)c1ccc(S(C)(=O)=O)c(Nc2cc(Nc3ccc(C#N)cn3)ncn2)c1.O=C(O)C(F)(F)F. The summed E-state index contributed by atoms with van der Waals surface area (Å²) in [5, 5.41) is 21.7. The van der Waals surface area contributed by atoms with Crippen molar-refractivity contribution in [3.8, 4) is 6.07 Å². The normalized spacial score (nSPS) is 11.5. The fourth-order valence-electron chi connectivity index (χ4n) is 2.51. The minimum absolute atomic E-state index is 0.0416. The first-order valence-electron chi connectivity index (χ1n) is 9.87. The van der Waals surface area contributed by atoms with Crippen molar-refractivity contribution in [2.45, 2.75) is 16.0 Å². The van der Waals surface area contributed by atoms with Crippen molar-refractivity contribution >= 4 is 49.0 Å². The number of carboxylic acids is 1. The maximum Gasteiger partial charge on any atom is 0.490 e. The summed E-state index contributed by atoms with van der Waals surface area (Å²) in [4.78, 5) is 20.9. The molecule has 0 radical (unpaired) electrons. The number of sulfonamides is 1. The van der Waals surface area contributed by atoms with Gasteiger partial charge in [0, 0.05) is 18.5 Å². The molecule has 0 aliphatic carbocycles. The quantitative estimate of drug-likeness (QED) is 0.321. The monoisotopic (exact) mass is 573 g/mol. The highest BCUT2D eigenvalue weighted by atomic mass is 32.2. The highest BCUT2D eigenvalue weighted by molar-refractivity contribution is 7.91. The van der Waals surface area contributed by atoms with Crippen LogP contribution in [-0.2, 0) is 24.7 Å². The van der Waals surface area contributed by atoms with Gasteiger partial charge in [-0.2, -0.15) is 18.4 Å². The number of nitriles is 1. The molecule has 2 heterocycles. The van der Waals surface area contributed by atoms with Crippen molar-refractivity contribution in [2.75, 3.05) is 23.9 Å². The molecule has 3 rings (SSSR count). The number of rotatable bonds is 7. The van der Waals surface area contributed by atoms with Crippen molar-refractivity contribution in [2.24, 2.45) is 0 Å². The lowest BCUT2D eigenvalue weighted by Crippen LogP contribution is -2.21. The molecule has 3 aromatic rings. The number of benzene rings is 1. The van der Waals surface area contributed by atoms with Gasteiger partial charge >= 0.3 is 12.1 Å². The summed E-state index contributed by atoms with van der Waals surface area (Å²) in [5.74, 6) is -1.76. The second kappa shape index (κ2) is 11.8. The highest BCUT2D eigenvalue weighted by Crippen LogP contribution is 2.28. The molecule has 0 aliphatic rings. The molecule has 1 aromatic carbocycles. The number of aromatic nitrogens is 3. The van der Waals surface area contributed by atoms with Crippen LogP contribution in [0.4, 0.5) is 36.3 Å². The molecule has 0 bridgehead atoms. The number of halogens is 3. The van der Waals surface area contributed by atoms with E-state index in [-0.39, 0.29) is 21.3 Å². The topological polar surface area (TPSA) is 204 Å². The van der Waals surface area contributed by atoms with Crippen LogP contribution in [0.1, 0.15) is 5.56 Å². The molecule has 0 amide bonds. The first kappa shape index (κ1) is 29.9. The van der Waals surface area contributed by atoms with E-state index < -0.39 is 32.0 Å². The zero-order chi connectivity index (χ0) is 28.7. The summed E-state index contributed by atoms with van der Waals surface area (Å²) >= 11 is 0. The minimum atomic E-state index is -5.08. The van der Waals surface area contributed by atoms with Crippen LogP contribution in [-0.4, -0.2) is 62.3 Å². The predicted molar refractivity (Wildman–Crippen MR) is 127 cm³/mol. The Morgan fingerprint density at radius 3 is 2.05 bits per heavy atom. The van der Waals surface area contributed by atoms with E-state index in [2.05, 4.69) is 30.3 Å². The number of carbonyl (C=O) groups is 1. The van der Waals surface area contributed by atoms with Crippen LogP contribution in [0.15, 0.2) is 58.7 Å². The summed E-state index contributed by atoms with van der Waals surface area (Å²) in [5.41, 5.74) is 0.445. The van der Waals surface area contributed by atoms with Gasteiger partial charge in [-0.05, 0) is 37.4 Å². The van der Waals surface area contributed by atoms with Crippen molar-refractivity contribution < 1.29 is 39.9 Å². The Morgan fingerprint density at radius 2 is 1.58 bits per heavy atom. The van der Waals surface area contributed by atoms with E-state index in [0.717, 1.165) is 6.26 Å². The molecular formula is C20H18F3N7O6S2. The lowest BCUT2D eigenvalue weighted by atomic mass is 10.3. The molecule has 0 atom stereocenters. The lowest BCUT2D eigenvalue weighted by Gasteiger charge is -2.13. The van der Waals surface area contributed by atoms with Gasteiger partial charge in [0.2, 0.25) is 10.0 Å². The molecule has 202 valence electrons. The Kier molecular flexibility index (Phi) is 9.29. The molecule has 0 unspecified atom stereocenters. The number of nitrogens with zero attached hydrogens (tertiary/aromatic N) is 4. The number of carboxylic acid groups (broad SMARTS) is 1. The Morgan fingerprint density at radius 1 is 0.974 bits per heavy atom. The van der Waals surface area contributed by atoms with Crippen LogP contribution in [0.2, 0.25) is 0 Å². The molecule has 4 N–H and O–H groups in total. The van der Waals surface area contributed by atoms with Crippen molar-refractivity contribution in [3.63, 3.8) is 0 Å². The average Bonchev–Trinajstić information content (AvgIpc) is 2.84. The van der Waals surface area contributed by atoms with Crippen molar-refractivity contribution in [1.29, 1.82) is 5.26 Å². The molecular weight excluding hydrogens is 555 g/mol. The van der Waals surface area contributed by atoms with E-state index in [1.807, 2.05) is 6.07 Å². The van der Waals surface area contributed by atoms with Gasteiger partial charge in [-0.1, -0.05) is 0 Å². The lowest BCUT2D eigenvalue weighted by molar-refractivity contribution is -0.192. The van der Waals surface area contributed by atoms with Gasteiger partial charge in [0.25, 0.3) is 0 Å². The van der Waals surface area contributed by atoms with Gasteiger partial charge in [0.15, 0.2) is 9.84 Å². The van der Waals surface area contributed by atoms with Gasteiger partial charge in [0.1, 0.15) is 29.9 Å². The van der Waals surface area contributed by atoms with Crippen molar-refractivity contribution in [3.05, 3.63) is 54.5 Å². The predicted octanol–water partition coefficient (Wildman–Crippen LogP) is 2.18. The van der Waals surface area contributed by atoms with E-state index in [1.54, 1.807) is 12.1 Å². The van der Waals surface area contributed by atoms with Crippen LogP contribution in [0.5, 0.6) is 0 Å². The number of sulfone groups is 1. The number of pyridine rings is 1. The van der Waals surface area contributed by atoms with Crippen LogP contribution in [0, 0.1) is 11.3 Å². The minimum Gasteiger partial charge on any atom is -0.475 e. The van der Waals surface area contributed by atoms with Crippen LogP contribution >= 0.6 is 0 Å². The molecule has 0 spiro atoms. The number of hydrogen-bond donors (Lipinski definition) is 4. The second-order valence-electron chi connectivity index (χ2n) is 7.02. The number of anilines is 4. The molecule has 0 saturated heterocycles. The number of hydrogen-bond acceptors (Lipinski definition) is 11. The number of aliphatic carboxylic acids is 1. The molecule has 0 fully saturated rings. The largest absolute Gasteiger partial charge is 0.490 e. The summed E-state index contributed by atoms with van der Waals surface area (Å²) in [6, 6.07) is 10.3. The van der Waals surface area contributed by atoms with Crippen molar-refractivity contribution in [1.82, 2.24) is 19.7 Å². The smallest absolute Gasteiger partial charge is 0.475 e. The zero-order valence-corrected chi connectivity index (χ0v) is 21.0. The third kappa shape index (κ3) is 8.36. The molecule has 0 aliphatic heterocycles. The van der Waals surface area contributed by atoms with Gasteiger partial charge in [0.05, 0.1) is 21.0 Å². The second-order valence-corrected chi connectivity index (χ2v) is 10.9. The summed E-state index contributed by atoms with van der Waals surface area (Å²) in [7, 11) is -6.20. The van der Waals surface area contributed by atoms with Gasteiger partial charge in [-0.3, -0.25) is 0 Å². The zero-order valence-electron chi connectivity index (χ0n) is 19.3. The van der Waals surface area contributed by atoms with E-state index >= 15 is 0 Å². The highest BCUT2D eigenvalue weighted by Gasteiger charge is 2.38. The van der Waals surface area contributed by atoms with E-state index in [0.29, 0.717) is 17.2 Å². The molecule has 0 saturated carbocycles. The van der Waals surface area contributed by atoms with E-state index in [9.17, 15) is 30.0 Å². The van der Waals surface area contributed by atoms with Gasteiger partial charge in [-0.25, -0.2) is 41.3 Å². The Hall–Kier alpha value is -4.34. The van der Waals surface area contributed by atoms with Crippen LogP contribution in [0.3, 0.4) is 0 Å². The molecule has 38 heavy (non-hydrogen) atoms. The Bertz CT molecular complexity index is 1570. The molecule has 2 aromatic heterocycles. The maximum atomic E-state index is 12.2. The maximum absolute atomic E-state index is 12.2. The average molecular weight is 574 g/mol. The van der Waals surface area contributed by atoms with E-state index in [4.69, 9.17) is 15.2 Å². The number of nitrogens with one attached hydrogen (secondary N) is 3. The fourth-order valence-corrected chi connectivity index (χ4v) is 4.09. The third-order valence-electron chi connectivity index (χ3n) is 4.25. The molecule has 13 nitrogen and oxygen atoms in total. The van der Waals surface area contributed by atoms with Crippen LogP contribution in [0.25, 0.3) is 0 Å². The summed E-state index contributed by atoms with van der Waals surface area (Å²) in [6.45, 7) is 0. The summed E-state index contributed by atoms with van der Waals surface area (Å²) in [6.07, 6.45) is -1.43. The molecule has 18 heteroatoms. The Labute approximate surface area is 214 Å². The Balaban J connectivity index is 0.000000638. The third-order valence-corrected chi connectivity index (χ3v) is 6.82. The fraction of sp³-hybridized carbons (Fsp3) is 0.150. The first-order valence-corrected chi connectivity index (χ1v) is 13.2. The van der Waals surface area contributed by atoms with Crippen LogP contribution < -0.4 is 15.4 Å². The standard InChI is InChI=1S/C18H17N7O4S2.C2HF3O2/c1-20-31(28,29)13-4-5-15(30(2,26)27)14(7-13)24-17-8-18(23-11-22-17)25-16-6-3-12(9-19)10-21-16;3-2(4,5)1(6)7/h3-8,10-11,20H,1-2H3,(H2,21,22,23,24,25);(H,6,7). The first-order chi connectivity index (χ1) is 17.6. The summed E-state index contributed by atoms with van der Waals surface area (Å²) < 4.78 is 82.5. The number of alkyl halides is 3. The van der Waals surface area contributed by atoms with E-state index in [1.165, 1.54) is 43.8 Å². The van der Waals surface area contributed by atoms with Gasteiger partial charge < -0.3 is 15.7 Å².